The van der Waals surface area contributed by atoms with Gasteiger partial charge in [0.05, 0.1) is 17.9 Å². The summed E-state index contributed by atoms with van der Waals surface area (Å²) >= 11 is 1.51. The lowest BCUT2D eigenvalue weighted by atomic mass is 10.1. The number of carbonyl (C=O) groups excluding carboxylic acids is 1. The number of hydrogen-bond acceptors (Lipinski definition) is 4. The van der Waals surface area contributed by atoms with Gasteiger partial charge in [0, 0.05) is 18.5 Å². The van der Waals surface area contributed by atoms with Crippen LogP contribution in [0.25, 0.3) is 10.9 Å². The molecule has 2 aromatic rings. The molecule has 0 aliphatic carbocycles. The van der Waals surface area contributed by atoms with Gasteiger partial charge in [0.1, 0.15) is 11.3 Å². The summed E-state index contributed by atoms with van der Waals surface area (Å²) in [5, 5.41) is 1.97. The first-order valence-electron chi connectivity index (χ1n) is 7.54. The van der Waals surface area contributed by atoms with Gasteiger partial charge >= 0.3 is 0 Å². The molecule has 1 aromatic heterocycles. The SMILES string of the molecule is COc1cccc2c(C)cc(SCC(=O)N3CCCC3)nc12. The molecule has 0 atom stereocenters. The van der Waals surface area contributed by atoms with Crippen LogP contribution in [0.5, 0.6) is 5.75 Å². The monoisotopic (exact) mass is 316 g/mol. The molecule has 0 N–H and O–H groups in total. The molecule has 4 nitrogen and oxygen atoms in total. The minimum Gasteiger partial charge on any atom is -0.494 e. The molecule has 22 heavy (non-hydrogen) atoms. The third-order valence-electron chi connectivity index (χ3n) is 4.01. The molecule has 1 aliphatic rings. The number of fused-ring (bicyclic) bond motifs is 1. The minimum absolute atomic E-state index is 0.210. The Morgan fingerprint density at radius 3 is 2.86 bits per heavy atom. The highest BCUT2D eigenvalue weighted by molar-refractivity contribution is 7.99. The van der Waals surface area contributed by atoms with E-state index < -0.39 is 0 Å². The van der Waals surface area contributed by atoms with Crippen LogP contribution < -0.4 is 4.74 Å². The number of pyridine rings is 1. The summed E-state index contributed by atoms with van der Waals surface area (Å²) in [7, 11) is 1.66. The normalized spacial score (nSPS) is 14.5. The molecule has 0 unspecified atom stereocenters. The summed E-state index contributed by atoms with van der Waals surface area (Å²) in [4.78, 5) is 18.8. The Morgan fingerprint density at radius 2 is 2.14 bits per heavy atom. The Balaban J connectivity index is 1.80. The lowest BCUT2D eigenvalue weighted by Crippen LogP contribution is -2.29. The molecule has 2 heterocycles. The van der Waals surface area contributed by atoms with E-state index in [9.17, 15) is 4.79 Å². The van der Waals surface area contributed by atoms with E-state index in [1.54, 1.807) is 7.11 Å². The Bertz CT molecular complexity index is 696. The highest BCUT2D eigenvalue weighted by Crippen LogP contribution is 2.29. The van der Waals surface area contributed by atoms with Gasteiger partial charge in [-0.05, 0) is 37.5 Å². The highest BCUT2D eigenvalue weighted by atomic mass is 32.2. The first-order chi connectivity index (χ1) is 10.7. The number of nitrogens with zero attached hydrogens (tertiary/aromatic N) is 2. The fraction of sp³-hybridized carbons (Fsp3) is 0.412. The molecular weight excluding hydrogens is 296 g/mol. The van der Waals surface area contributed by atoms with Crippen LogP contribution in [0, 0.1) is 6.92 Å². The average molecular weight is 316 g/mol. The molecular formula is C17H20N2O2S. The first kappa shape index (κ1) is 15.2. The van der Waals surface area contributed by atoms with Gasteiger partial charge in [0.15, 0.2) is 0 Å². The molecule has 116 valence electrons. The second-order valence-corrected chi connectivity index (χ2v) is 6.51. The van der Waals surface area contributed by atoms with Crippen molar-refractivity contribution >= 4 is 28.6 Å². The zero-order valence-electron chi connectivity index (χ0n) is 13.0. The number of methoxy groups -OCH3 is 1. The summed E-state index contributed by atoms with van der Waals surface area (Å²) in [6.07, 6.45) is 2.25. The molecule has 1 aliphatic heterocycles. The van der Waals surface area contributed by atoms with Crippen molar-refractivity contribution in [3.63, 3.8) is 0 Å². The fourth-order valence-electron chi connectivity index (χ4n) is 2.79. The molecule has 1 aromatic carbocycles. The quantitative estimate of drug-likeness (QED) is 0.812. The molecule has 3 rings (SSSR count). The van der Waals surface area contributed by atoms with Crippen molar-refractivity contribution in [1.29, 1.82) is 0 Å². The number of likely N-dealkylation sites (tertiary alicyclic amines) is 1. The summed E-state index contributed by atoms with van der Waals surface area (Å²) < 4.78 is 5.40. The molecule has 0 bridgehead atoms. The number of benzene rings is 1. The Morgan fingerprint density at radius 1 is 1.36 bits per heavy atom. The minimum atomic E-state index is 0.210. The zero-order valence-corrected chi connectivity index (χ0v) is 13.8. The topological polar surface area (TPSA) is 42.4 Å². The van der Waals surface area contributed by atoms with Gasteiger partial charge in [-0.15, -0.1) is 0 Å². The number of rotatable bonds is 4. The van der Waals surface area contributed by atoms with Crippen molar-refractivity contribution in [1.82, 2.24) is 9.88 Å². The lowest BCUT2D eigenvalue weighted by molar-refractivity contribution is -0.127. The van der Waals surface area contributed by atoms with Gasteiger partial charge in [0.25, 0.3) is 0 Å². The van der Waals surface area contributed by atoms with Gasteiger partial charge in [-0.1, -0.05) is 23.9 Å². The van der Waals surface area contributed by atoms with Crippen molar-refractivity contribution < 1.29 is 9.53 Å². The van der Waals surface area contributed by atoms with Crippen molar-refractivity contribution in [3.8, 4) is 5.75 Å². The number of thioether (sulfide) groups is 1. The van der Waals surface area contributed by atoms with Crippen molar-refractivity contribution in [2.45, 2.75) is 24.8 Å². The van der Waals surface area contributed by atoms with Gasteiger partial charge in [-0.2, -0.15) is 0 Å². The van der Waals surface area contributed by atoms with E-state index in [1.165, 1.54) is 11.8 Å². The predicted octanol–water partition coefficient (Wildman–Crippen LogP) is 3.27. The summed E-state index contributed by atoms with van der Waals surface area (Å²) in [6.45, 7) is 3.87. The number of amides is 1. The van der Waals surface area contributed by atoms with Crippen LogP contribution in [0.4, 0.5) is 0 Å². The van der Waals surface area contributed by atoms with Gasteiger partial charge in [0.2, 0.25) is 5.91 Å². The standard InChI is InChI=1S/C17H20N2O2S/c1-12-10-15(22-11-16(20)19-8-3-4-9-19)18-17-13(12)6-5-7-14(17)21-2/h5-7,10H,3-4,8-9,11H2,1-2H3. The Labute approximate surface area is 134 Å². The number of aromatic nitrogens is 1. The lowest BCUT2D eigenvalue weighted by Gasteiger charge is -2.15. The summed E-state index contributed by atoms with van der Waals surface area (Å²) in [5.41, 5.74) is 2.01. The van der Waals surface area contributed by atoms with Gasteiger partial charge in [-0.25, -0.2) is 4.98 Å². The predicted molar refractivity (Wildman–Crippen MR) is 89.6 cm³/mol. The van der Waals surface area contributed by atoms with E-state index in [1.807, 2.05) is 29.2 Å². The van der Waals surface area contributed by atoms with Crippen molar-refractivity contribution in [3.05, 3.63) is 29.8 Å². The number of carbonyl (C=O) groups is 1. The van der Waals surface area contributed by atoms with Gasteiger partial charge in [-0.3, -0.25) is 4.79 Å². The van der Waals surface area contributed by atoms with Crippen LogP contribution in [-0.2, 0) is 4.79 Å². The maximum atomic E-state index is 12.1. The summed E-state index contributed by atoms with van der Waals surface area (Å²) in [5.74, 6) is 1.43. The third kappa shape index (κ3) is 3.04. The van der Waals surface area contributed by atoms with E-state index in [0.717, 1.165) is 53.2 Å². The average Bonchev–Trinajstić information content (AvgIpc) is 3.06. The van der Waals surface area contributed by atoms with Crippen LogP contribution in [0.1, 0.15) is 18.4 Å². The molecule has 0 spiro atoms. The smallest absolute Gasteiger partial charge is 0.232 e. The van der Waals surface area contributed by atoms with E-state index in [-0.39, 0.29) is 5.91 Å². The second kappa shape index (κ2) is 6.57. The number of hydrogen-bond donors (Lipinski definition) is 0. The van der Waals surface area contributed by atoms with E-state index >= 15 is 0 Å². The maximum Gasteiger partial charge on any atom is 0.232 e. The molecule has 0 saturated carbocycles. The molecule has 1 fully saturated rings. The fourth-order valence-corrected chi connectivity index (χ4v) is 3.66. The van der Waals surface area contributed by atoms with E-state index in [0.29, 0.717) is 5.75 Å². The third-order valence-corrected chi connectivity index (χ3v) is 4.90. The van der Waals surface area contributed by atoms with Crippen LogP contribution in [0.2, 0.25) is 0 Å². The molecule has 1 saturated heterocycles. The largest absolute Gasteiger partial charge is 0.494 e. The highest BCUT2D eigenvalue weighted by Gasteiger charge is 2.18. The van der Waals surface area contributed by atoms with Crippen LogP contribution in [-0.4, -0.2) is 41.7 Å². The van der Waals surface area contributed by atoms with Crippen molar-refractivity contribution in [2.24, 2.45) is 0 Å². The van der Waals surface area contributed by atoms with Gasteiger partial charge < -0.3 is 9.64 Å². The number of ether oxygens (including phenoxy) is 1. The maximum absolute atomic E-state index is 12.1. The zero-order chi connectivity index (χ0) is 15.5. The van der Waals surface area contributed by atoms with Crippen LogP contribution in [0.3, 0.4) is 0 Å². The van der Waals surface area contributed by atoms with E-state index in [4.69, 9.17) is 4.74 Å². The van der Waals surface area contributed by atoms with Crippen molar-refractivity contribution in [2.75, 3.05) is 26.0 Å². The van der Waals surface area contributed by atoms with E-state index in [2.05, 4.69) is 11.9 Å². The second-order valence-electron chi connectivity index (χ2n) is 5.51. The first-order valence-corrected chi connectivity index (χ1v) is 8.52. The number of aryl methyl sites for hydroxylation is 1. The van der Waals surface area contributed by atoms with Crippen LogP contribution in [0.15, 0.2) is 29.3 Å². The summed E-state index contributed by atoms with van der Waals surface area (Å²) in [6, 6.07) is 7.98. The molecule has 0 radical (unpaired) electrons. The number of para-hydroxylation sites is 1. The molecule has 1 amide bonds. The Kier molecular flexibility index (Phi) is 4.52. The van der Waals surface area contributed by atoms with Crippen LogP contribution >= 0.6 is 11.8 Å². The molecule has 5 heteroatoms. The Hall–Kier alpha value is -1.75.